The number of carbonyl (C=O) groups is 1. The van der Waals surface area contributed by atoms with Crippen molar-refractivity contribution >= 4 is 27.3 Å². The summed E-state index contributed by atoms with van der Waals surface area (Å²) in [5.41, 5.74) is 0. The number of ether oxygens (including phenoxy) is 1. The van der Waals surface area contributed by atoms with Gasteiger partial charge in [-0.3, -0.25) is 4.79 Å². The second-order valence-corrected chi connectivity index (χ2v) is 8.56. The molecule has 2 rings (SSSR count). The molecule has 0 bridgehead atoms. The van der Waals surface area contributed by atoms with Gasteiger partial charge in [0.2, 0.25) is 5.91 Å². The van der Waals surface area contributed by atoms with Crippen LogP contribution in [0.2, 0.25) is 0 Å². The molecule has 2 heterocycles. The molecule has 124 valence electrons. The minimum absolute atomic E-state index is 0.169. The maximum Gasteiger partial charge on any atom is 0.250 e. The minimum Gasteiger partial charge on any atom is -0.378 e. The zero-order valence-corrected chi connectivity index (χ0v) is 14.5. The zero-order valence-electron chi connectivity index (χ0n) is 12.8. The summed E-state index contributed by atoms with van der Waals surface area (Å²) in [6, 6.07) is 2.49. The summed E-state index contributed by atoms with van der Waals surface area (Å²) in [7, 11) is -3.66. The van der Waals surface area contributed by atoms with Crippen LogP contribution >= 0.6 is 11.3 Å². The number of nitrogens with one attached hydrogen (secondary N) is 1. The second kappa shape index (κ2) is 7.54. The van der Waals surface area contributed by atoms with E-state index in [0.29, 0.717) is 32.7 Å². The number of thiophene rings is 1. The van der Waals surface area contributed by atoms with Gasteiger partial charge in [-0.1, -0.05) is 19.9 Å². The van der Waals surface area contributed by atoms with E-state index in [1.54, 1.807) is 22.4 Å². The molecule has 1 fully saturated rings. The van der Waals surface area contributed by atoms with E-state index >= 15 is 0 Å². The van der Waals surface area contributed by atoms with Crippen molar-refractivity contribution in [3.05, 3.63) is 17.5 Å². The topological polar surface area (TPSA) is 75.7 Å². The molecule has 6 nitrogen and oxygen atoms in total. The molecule has 0 aliphatic carbocycles. The summed E-state index contributed by atoms with van der Waals surface area (Å²) in [4.78, 5) is 14.3. The van der Waals surface area contributed by atoms with Crippen LogP contribution in [-0.2, 0) is 19.6 Å². The number of morpholine rings is 1. The highest BCUT2D eigenvalue weighted by Gasteiger charge is 2.30. The van der Waals surface area contributed by atoms with Gasteiger partial charge >= 0.3 is 0 Å². The van der Waals surface area contributed by atoms with Crippen LogP contribution in [0.1, 0.15) is 20.3 Å². The molecule has 0 saturated carbocycles. The smallest absolute Gasteiger partial charge is 0.250 e. The lowest BCUT2D eigenvalue weighted by Gasteiger charge is -2.31. The summed E-state index contributed by atoms with van der Waals surface area (Å²) >= 11 is 1.14. The van der Waals surface area contributed by atoms with Gasteiger partial charge in [0, 0.05) is 13.1 Å². The number of sulfonamides is 1. The Balaban J connectivity index is 2.13. The van der Waals surface area contributed by atoms with Crippen LogP contribution in [0.3, 0.4) is 0 Å². The van der Waals surface area contributed by atoms with Crippen molar-refractivity contribution in [3.63, 3.8) is 0 Å². The van der Waals surface area contributed by atoms with Gasteiger partial charge in [0.05, 0.1) is 13.2 Å². The summed E-state index contributed by atoms with van der Waals surface area (Å²) in [5, 5.41) is 1.70. The highest BCUT2D eigenvalue weighted by Crippen LogP contribution is 2.18. The molecule has 1 atom stereocenters. The van der Waals surface area contributed by atoms with Crippen molar-refractivity contribution in [1.29, 1.82) is 0 Å². The van der Waals surface area contributed by atoms with Gasteiger partial charge in [0.25, 0.3) is 10.0 Å². The standard InChI is InChI=1S/C14H22N2O4S2/c1-11(2)10-12(14(17)16-5-7-20-8-6-16)15-22(18,19)13-4-3-9-21-13/h3-4,9,11-12,15H,5-8,10H2,1-2H3/t12-/m1/s1. The number of hydrogen-bond donors (Lipinski definition) is 1. The van der Waals surface area contributed by atoms with Gasteiger partial charge in [0.1, 0.15) is 10.3 Å². The van der Waals surface area contributed by atoms with E-state index in [1.807, 2.05) is 13.8 Å². The fourth-order valence-electron chi connectivity index (χ4n) is 2.34. The number of nitrogens with zero attached hydrogens (tertiary/aromatic N) is 1. The van der Waals surface area contributed by atoms with E-state index in [1.165, 1.54) is 0 Å². The van der Waals surface area contributed by atoms with Crippen molar-refractivity contribution in [2.24, 2.45) is 5.92 Å². The van der Waals surface area contributed by atoms with Gasteiger partial charge < -0.3 is 9.64 Å². The molecule has 0 radical (unpaired) electrons. The maximum atomic E-state index is 12.6. The van der Waals surface area contributed by atoms with Crippen LogP contribution in [0.25, 0.3) is 0 Å². The Labute approximate surface area is 135 Å². The second-order valence-electron chi connectivity index (χ2n) is 5.67. The quantitative estimate of drug-likeness (QED) is 0.842. The first-order valence-corrected chi connectivity index (χ1v) is 9.69. The van der Waals surface area contributed by atoms with Crippen LogP contribution < -0.4 is 4.72 Å². The third kappa shape index (κ3) is 4.52. The van der Waals surface area contributed by atoms with Crippen molar-refractivity contribution in [2.75, 3.05) is 26.3 Å². The fourth-order valence-corrected chi connectivity index (χ4v) is 4.55. The van der Waals surface area contributed by atoms with Crippen molar-refractivity contribution in [2.45, 2.75) is 30.5 Å². The molecule has 1 aromatic rings. The average molecular weight is 346 g/mol. The lowest BCUT2D eigenvalue weighted by atomic mass is 10.0. The summed E-state index contributed by atoms with van der Waals surface area (Å²) < 4.78 is 32.8. The Morgan fingerprint density at radius 2 is 2.09 bits per heavy atom. The molecule has 0 spiro atoms. The predicted octanol–water partition coefficient (Wildman–Crippen LogP) is 1.30. The van der Waals surface area contributed by atoms with Gasteiger partial charge in [-0.15, -0.1) is 11.3 Å². The molecule has 0 unspecified atom stereocenters. The van der Waals surface area contributed by atoms with Crippen LogP contribution in [0.15, 0.2) is 21.7 Å². The zero-order chi connectivity index (χ0) is 16.2. The first-order chi connectivity index (χ1) is 10.4. The van der Waals surface area contributed by atoms with E-state index in [2.05, 4.69) is 4.72 Å². The molecule has 22 heavy (non-hydrogen) atoms. The third-order valence-electron chi connectivity index (χ3n) is 3.39. The molecule has 1 saturated heterocycles. The molecule has 8 heteroatoms. The normalized spacial score (nSPS) is 17.7. The third-order valence-corrected chi connectivity index (χ3v) is 6.25. The Kier molecular flexibility index (Phi) is 5.96. The molecular weight excluding hydrogens is 324 g/mol. The first-order valence-electron chi connectivity index (χ1n) is 7.32. The molecule has 1 aromatic heterocycles. The van der Waals surface area contributed by atoms with E-state index in [-0.39, 0.29) is 16.0 Å². The lowest BCUT2D eigenvalue weighted by molar-refractivity contribution is -0.137. The van der Waals surface area contributed by atoms with Gasteiger partial charge in [-0.2, -0.15) is 4.72 Å². The number of hydrogen-bond acceptors (Lipinski definition) is 5. The van der Waals surface area contributed by atoms with E-state index in [9.17, 15) is 13.2 Å². The number of rotatable bonds is 6. The monoisotopic (exact) mass is 346 g/mol. The van der Waals surface area contributed by atoms with Crippen molar-refractivity contribution in [3.8, 4) is 0 Å². The number of amides is 1. The minimum atomic E-state index is -3.66. The van der Waals surface area contributed by atoms with Crippen LogP contribution in [0.5, 0.6) is 0 Å². The Morgan fingerprint density at radius 1 is 1.41 bits per heavy atom. The highest BCUT2D eigenvalue weighted by atomic mass is 32.2. The first kappa shape index (κ1) is 17.4. The Morgan fingerprint density at radius 3 is 2.64 bits per heavy atom. The Hall–Kier alpha value is -0.960. The van der Waals surface area contributed by atoms with Crippen LogP contribution in [-0.4, -0.2) is 51.6 Å². The lowest BCUT2D eigenvalue weighted by Crippen LogP contribution is -2.52. The largest absolute Gasteiger partial charge is 0.378 e. The maximum absolute atomic E-state index is 12.6. The van der Waals surface area contributed by atoms with Crippen molar-refractivity contribution < 1.29 is 17.9 Å². The van der Waals surface area contributed by atoms with Gasteiger partial charge in [0.15, 0.2) is 0 Å². The van der Waals surface area contributed by atoms with Crippen LogP contribution in [0, 0.1) is 5.92 Å². The molecule has 1 N–H and O–H groups in total. The SMILES string of the molecule is CC(C)C[C@@H](NS(=O)(=O)c1cccs1)C(=O)N1CCOCC1. The van der Waals surface area contributed by atoms with E-state index in [0.717, 1.165) is 11.3 Å². The molecule has 1 aliphatic heterocycles. The number of carbonyl (C=O) groups excluding carboxylic acids is 1. The van der Waals surface area contributed by atoms with Gasteiger partial charge in [-0.25, -0.2) is 8.42 Å². The van der Waals surface area contributed by atoms with Gasteiger partial charge in [-0.05, 0) is 23.8 Å². The summed E-state index contributed by atoms with van der Waals surface area (Å²) in [5.74, 6) is 0.0400. The van der Waals surface area contributed by atoms with E-state index < -0.39 is 16.1 Å². The molecule has 0 aromatic carbocycles. The molecule has 1 amide bonds. The van der Waals surface area contributed by atoms with E-state index in [4.69, 9.17) is 4.74 Å². The average Bonchev–Trinajstić information content (AvgIpc) is 3.01. The molecular formula is C14H22N2O4S2. The van der Waals surface area contributed by atoms with Crippen LogP contribution in [0.4, 0.5) is 0 Å². The summed E-state index contributed by atoms with van der Waals surface area (Å²) in [6.07, 6.45) is 0.473. The fraction of sp³-hybridized carbons (Fsp3) is 0.643. The predicted molar refractivity (Wildman–Crippen MR) is 85.3 cm³/mol. The molecule has 1 aliphatic rings. The summed E-state index contributed by atoms with van der Waals surface area (Å²) in [6.45, 7) is 5.95. The van der Waals surface area contributed by atoms with Crippen molar-refractivity contribution in [1.82, 2.24) is 9.62 Å². The highest BCUT2D eigenvalue weighted by molar-refractivity contribution is 7.91. The Bertz CT molecular complexity index is 578.